The molecule has 10 heavy (non-hydrogen) atoms. The Balaban J connectivity index is 2.33. The summed E-state index contributed by atoms with van der Waals surface area (Å²) in [5.41, 5.74) is 0. The third-order valence-electron chi connectivity index (χ3n) is 2.28. The van der Waals surface area contributed by atoms with Crippen molar-refractivity contribution in [3.8, 4) is 12.3 Å². The quantitative estimate of drug-likeness (QED) is 0.543. The highest BCUT2D eigenvalue weighted by Crippen LogP contribution is 2.27. The fraction of sp³-hybridized carbons (Fsp3) is 0.778. The molecule has 1 fully saturated rings. The Morgan fingerprint density at radius 3 is 2.90 bits per heavy atom. The Hall–Kier alpha value is -0.480. The number of terminal acetylenes is 1. The minimum atomic E-state index is 0.318. The van der Waals surface area contributed by atoms with Gasteiger partial charge in [-0.1, -0.05) is 6.42 Å². The van der Waals surface area contributed by atoms with Gasteiger partial charge in [-0.2, -0.15) is 0 Å². The summed E-state index contributed by atoms with van der Waals surface area (Å²) >= 11 is 0. The van der Waals surface area contributed by atoms with Crippen LogP contribution in [0.15, 0.2) is 0 Å². The van der Waals surface area contributed by atoms with Crippen molar-refractivity contribution in [3.05, 3.63) is 0 Å². The molecule has 0 amide bonds. The predicted molar refractivity (Wildman–Crippen MR) is 41.4 cm³/mol. The zero-order valence-electron chi connectivity index (χ0n) is 6.21. The van der Waals surface area contributed by atoms with Gasteiger partial charge in [0.1, 0.15) is 0 Å². The van der Waals surface area contributed by atoms with Crippen LogP contribution in [0.5, 0.6) is 0 Å². The molecule has 0 spiro atoms. The zero-order valence-corrected chi connectivity index (χ0v) is 6.21. The van der Waals surface area contributed by atoms with Gasteiger partial charge in [0.25, 0.3) is 0 Å². The first-order valence-electron chi connectivity index (χ1n) is 3.93. The average Bonchev–Trinajstić information content (AvgIpc) is 2.05. The van der Waals surface area contributed by atoms with Crippen molar-refractivity contribution in [3.63, 3.8) is 0 Å². The van der Waals surface area contributed by atoms with Gasteiger partial charge in [-0.3, -0.25) is 0 Å². The van der Waals surface area contributed by atoms with Crippen LogP contribution in [0, 0.1) is 24.2 Å². The first-order valence-corrected chi connectivity index (χ1v) is 3.93. The molecule has 0 bridgehead atoms. The molecular formula is C9H14O. The number of aliphatic hydroxyl groups is 1. The smallest absolute Gasteiger partial charge is 0.0459 e. The maximum absolute atomic E-state index is 8.84. The van der Waals surface area contributed by atoms with Crippen LogP contribution in [0.3, 0.4) is 0 Å². The third-order valence-corrected chi connectivity index (χ3v) is 2.28. The van der Waals surface area contributed by atoms with Crippen LogP contribution in [0.2, 0.25) is 0 Å². The van der Waals surface area contributed by atoms with Crippen molar-refractivity contribution in [1.29, 1.82) is 0 Å². The second-order valence-electron chi connectivity index (χ2n) is 3.08. The molecule has 0 aromatic carbocycles. The second-order valence-corrected chi connectivity index (χ2v) is 3.08. The number of hydrogen-bond donors (Lipinski definition) is 1. The minimum Gasteiger partial charge on any atom is -0.396 e. The van der Waals surface area contributed by atoms with Crippen LogP contribution >= 0.6 is 0 Å². The van der Waals surface area contributed by atoms with E-state index in [0.29, 0.717) is 18.4 Å². The molecule has 56 valence electrons. The van der Waals surface area contributed by atoms with Gasteiger partial charge in [0.2, 0.25) is 0 Å². The summed E-state index contributed by atoms with van der Waals surface area (Å²) in [7, 11) is 0. The molecule has 1 nitrogen and oxygen atoms in total. The third kappa shape index (κ3) is 1.75. The highest BCUT2D eigenvalue weighted by atomic mass is 16.3. The van der Waals surface area contributed by atoms with Crippen molar-refractivity contribution in [1.82, 2.24) is 0 Å². The van der Waals surface area contributed by atoms with Gasteiger partial charge >= 0.3 is 0 Å². The van der Waals surface area contributed by atoms with E-state index in [4.69, 9.17) is 11.5 Å². The van der Waals surface area contributed by atoms with Gasteiger partial charge in [0, 0.05) is 12.5 Å². The normalized spacial score (nSPS) is 33.2. The SMILES string of the molecule is C#C[C@@H]1CCCC(CO)C1. The lowest BCUT2D eigenvalue weighted by molar-refractivity contribution is 0.176. The lowest BCUT2D eigenvalue weighted by Crippen LogP contribution is -2.16. The monoisotopic (exact) mass is 138 g/mol. The molecule has 0 aromatic heterocycles. The van der Waals surface area contributed by atoms with Crippen molar-refractivity contribution < 1.29 is 5.11 Å². The van der Waals surface area contributed by atoms with Crippen LogP contribution < -0.4 is 0 Å². The van der Waals surface area contributed by atoms with Crippen molar-refractivity contribution in [2.24, 2.45) is 11.8 Å². The second kappa shape index (κ2) is 3.63. The first-order chi connectivity index (χ1) is 4.86. The summed E-state index contributed by atoms with van der Waals surface area (Å²) < 4.78 is 0. The summed E-state index contributed by atoms with van der Waals surface area (Å²) in [6.45, 7) is 0.318. The molecule has 1 heteroatoms. The van der Waals surface area contributed by atoms with Crippen LogP contribution in [-0.4, -0.2) is 11.7 Å². The van der Waals surface area contributed by atoms with Crippen molar-refractivity contribution in [2.45, 2.75) is 25.7 Å². The molecule has 1 saturated carbocycles. The number of aliphatic hydroxyl groups excluding tert-OH is 1. The maximum atomic E-state index is 8.84. The van der Waals surface area contributed by atoms with Gasteiger partial charge in [0.05, 0.1) is 0 Å². The molecule has 0 aromatic rings. The van der Waals surface area contributed by atoms with E-state index in [-0.39, 0.29) is 0 Å². The van der Waals surface area contributed by atoms with E-state index in [1.54, 1.807) is 0 Å². The molecule has 1 unspecified atom stereocenters. The highest BCUT2D eigenvalue weighted by molar-refractivity contribution is 4.95. The lowest BCUT2D eigenvalue weighted by Gasteiger charge is -2.23. The molecule has 0 aliphatic heterocycles. The van der Waals surface area contributed by atoms with E-state index < -0.39 is 0 Å². The van der Waals surface area contributed by atoms with Gasteiger partial charge in [-0.15, -0.1) is 12.3 Å². The Bertz CT molecular complexity index is 134. The summed E-state index contributed by atoms with van der Waals surface area (Å²) in [6.07, 6.45) is 9.84. The van der Waals surface area contributed by atoms with E-state index in [1.165, 1.54) is 6.42 Å². The molecular weight excluding hydrogens is 124 g/mol. The zero-order chi connectivity index (χ0) is 7.40. The molecule has 2 atom stereocenters. The van der Waals surface area contributed by atoms with E-state index in [1.807, 2.05) is 0 Å². The van der Waals surface area contributed by atoms with Gasteiger partial charge in [0.15, 0.2) is 0 Å². The summed E-state index contributed by atoms with van der Waals surface area (Å²) in [5, 5.41) is 8.84. The van der Waals surface area contributed by atoms with E-state index in [9.17, 15) is 0 Å². The van der Waals surface area contributed by atoms with Crippen molar-refractivity contribution in [2.75, 3.05) is 6.61 Å². The number of rotatable bonds is 1. The van der Waals surface area contributed by atoms with E-state index in [0.717, 1.165) is 19.3 Å². The molecule has 1 rings (SSSR count). The Labute approximate surface area is 62.4 Å². The van der Waals surface area contributed by atoms with Crippen LogP contribution in [0.4, 0.5) is 0 Å². The van der Waals surface area contributed by atoms with Crippen LogP contribution in [0.1, 0.15) is 25.7 Å². The molecule has 0 saturated heterocycles. The number of hydrogen-bond acceptors (Lipinski definition) is 1. The fourth-order valence-corrected chi connectivity index (χ4v) is 1.61. The lowest BCUT2D eigenvalue weighted by atomic mass is 9.82. The molecule has 1 N–H and O–H groups in total. The first kappa shape index (κ1) is 7.63. The van der Waals surface area contributed by atoms with Gasteiger partial charge in [-0.25, -0.2) is 0 Å². The summed E-state index contributed by atoms with van der Waals surface area (Å²) in [5.74, 6) is 3.67. The molecule has 1 aliphatic carbocycles. The van der Waals surface area contributed by atoms with Gasteiger partial charge in [-0.05, 0) is 25.2 Å². The largest absolute Gasteiger partial charge is 0.396 e. The standard InChI is InChI=1S/C9H14O/c1-2-8-4-3-5-9(6-8)7-10/h1,8-10H,3-7H2/t8-,9?/m1/s1. The maximum Gasteiger partial charge on any atom is 0.0459 e. The molecule has 0 radical (unpaired) electrons. The molecule has 0 heterocycles. The Morgan fingerprint density at radius 2 is 2.30 bits per heavy atom. The van der Waals surface area contributed by atoms with Crippen LogP contribution in [0.25, 0.3) is 0 Å². The van der Waals surface area contributed by atoms with E-state index in [2.05, 4.69) is 5.92 Å². The average molecular weight is 138 g/mol. The summed E-state index contributed by atoms with van der Waals surface area (Å²) in [4.78, 5) is 0. The minimum absolute atomic E-state index is 0.318. The van der Waals surface area contributed by atoms with E-state index >= 15 is 0 Å². The van der Waals surface area contributed by atoms with Gasteiger partial charge < -0.3 is 5.11 Å². The Morgan fingerprint density at radius 1 is 1.50 bits per heavy atom. The summed E-state index contributed by atoms with van der Waals surface area (Å²) in [6, 6.07) is 0. The van der Waals surface area contributed by atoms with Crippen LogP contribution in [-0.2, 0) is 0 Å². The van der Waals surface area contributed by atoms with Crippen molar-refractivity contribution >= 4 is 0 Å². The Kier molecular flexibility index (Phi) is 2.77. The fourth-order valence-electron chi connectivity index (χ4n) is 1.61. The topological polar surface area (TPSA) is 20.2 Å². The molecule has 1 aliphatic rings. The highest BCUT2D eigenvalue weighted by Gasteiger charge is 2.18. The predicted octanol–water partition coefficient (Wildman–Crippen LogP) is 1.42.